The van der Waals surface area contributed by atoms with Crippen LogP contribution in [0.25, 0.3) is 6.08 Å². The molecule has 0 saturated carbocycles. The quantitative estimate of drug-likeness (QED) is 0.835. The molecular weight excluding hydrogens is 286 g/mol. The summed E-state index contributed by atoms with van der Waals surface area (Å²) in [5.41, 5.74) is 2.85. The zero-order chi connectivity index (χ0) is 16.9. The Morgan fingerprint density at radius 1 is 1.09 bits per heavy atom. The van der Waals surface area contributed by atoms with Gasteiger partial charge in [0.15, 0.2) is 0 Å². The minimum Gasteiger partial charge on any atom is -0.497 e. The lowest BCUT2D eigenvalue weighted by Crippen LogP contribution is -2.17. The minimum atomic E-state index is -0.149. The van der Waals surface area contributed by atoms with E-state index in [-0.39, 0.29) is 11.3 Å². The van der Waals surface area contributed by atoms with Crippen molar-refractivity contribution in [3.63, 3.8) is 0 Å². The molecular formula is C20H23NO2. The van der Waals surface area contributed by atoms with Crippen LogP contribution in [0.1, 0.15) is 31.9 Å². The fourth-order valence-electron chi connectivity index (χ4n) is 2.34. The van der Waals surface area contributed by atoms with Crippen molar-refractivity contribution >= 4 is 17.7 Å². The highest BCUT2D eigenvalue weighted by molar-refractivity contribution is 6.02. The predicted molar refractivity (Wildman–Crippen MR) is 95.8 cm³/mol. The monoisotopic (exact) mass is 309 g/mol. The number of carbonyl (C=O) groups excluding carboxylic acids is 1. The maximum atomic E-state index is 12.2. The molecule has 0 spiro atoms. The molecule has 3 nitrogen and oxygen atoms in total. The molecule has 1 amide bonds. The Balaban J connectivity index is 2.12. The largest absolute Gasteiger partial charge is 0.497 e. The third kappa shape index (κ3) is 4.71. The van der Waals surface area contributed by atoms with Crippen LogP contribution in [-0.4, -0.2) is 13.0 Å². The number of rotatable bonds is 4. The van der Waals surface area contributed by atoms with Gasteiger partial charge in [-0.1, -0.05) is 51.1 Å². The molecule has 120 valence electrons. The SMILES string of the molecule is COc1cccc(/C=C/C(=O)Nc2ccccc2C(C)(C)C)c1. The van der Waals surface area contributed by atoms with E-state index in [1.165, 1.54) is 6.08 Å². The van der Waals surface area contributed by atoms with Gasteiger partial charge in [0.05, 0.1) is 7.11 Å². The summed E-state index contributed by atoms with van der Waals surface area (Å²) in [6.07, 6.45) is 3.31. The summed E-state index contributed by atoms with van der Waals surface area (Å²) in [4.78, 5) is 12.2. The number of nitrogens with one attached hydrogen (secondary N) is 1. The van der Waals surface area contributed by atoms with E-state index in [1.807, 2.05) is 48.5 Å². The van der Waals surface area contributed by atoms with E-state index >= 15 is 0 Å². The van der Waals surface area contributed by atoms with E-state index in [0.717, 1.165) is 22.6 Å². The van der Waals surface area contributed by atoms with E-state index in [1.54, 1.807) is 13.2 Å². The Morgan fingerprint density at radius 3 is 2.52 bits per heavy atom. The molecule has 1 N–H and O–H groups in total. The van der Waals surface area contributed by atoms with Crippen LogP contribution in [0.2, 0.25) is 0 Å². The van der Waals surface area contributed by atoms with Gasteiger partial charge in [-0.2, -0.15) is 0 Å². The lowest BCUT2D eigenvalue weighted by molar-refractivity contribution is -0.111. The summed E-state index contributed by atoms with van der Waals surface area (Å²) in [5.74, 6) is 0.621. The van der Waals surface area contributed by atoms with Gasteiger partial charge in [0.2, 0.25) is 5.91 Å². The molecule has 0 aliphatic rings. The average molecular weight is 309 g/mol. The summed E-state index contributed by atoms with van der Waals surface area (Å²) >= 11 is 0. The highest BCUT2D eigenvalue weighted by atomic mass is 16.5. The molecule has 0 atom stereocenters. The summed E-state index contributed by atoms with van der Waals surface area (Å²) in [7, 11) is 1.62. The molecule has 23 heavy (non-hydrogen) atoms. The van der Waals surface area contributed by atoms with Crippen LogP contribution in [0.3, 0.4) is 0 Å². The van der Waals surface area contributed by atoms with E-state index in [2.05, 4.69) is 26.1 Å². The number of para-hydroxylation sites is 1. The van der Waals surface area contributed by atoms with Gasteiger partial charge in [-0.05, 0) is 40.8 Å². The Hall–Kier alpha value is -2.55. The lowest BCUT2D eigenvalue weighted by Gasteiger charge is -2.22. The van der Waals surface area contributed by atoms with Gasteiger partial charge in [-0.25, -0.2) is 0 Å². The maximum absolute atomic E-state index is 12.2. The highest BCUT2D eigenvalue weighted by Crippen LogP contribution is 2.29. The zero-order valence-electron chi connectivity index (χ0n) is 14.1. The molecule has 0 fully saturated rings. The number of ether oxygens (including phenoxy) is 1. The van der Waals surface area contributed by atoms with Gasteiger partial charge in [-0.3, -0.25) is 4.79 Å². The van der Waals surface area contributed by atoms with Crippen LogP contribution in [0.5, 0.6) is 5.75 Å². The second kappa shape index (κ2) is 7.14. The van der Waals surface area contributed by atoms with Gasteiger partial charge >= 0.3 is 0 Å². The summed E-state index contributed by atoms with van der Waals surface area (Å²) in [6, 6.07) is 15.5. The second-order valence-corrected chi connectivity index (χ2v) is 6.39. The van der Waals surface area contributed by atoms with Crippen LogP contribution in [0, 0.1) is 0 Å². The van der Waals surface area contributed by atoms with Crippen molar-refractivity contribution in [1.82, 2.24) is 0 Å². The van der Waals surface area contributed by atoms with Crippen LogP contribution in [-0.2, 0) is 10.2 Å². The Labute approximate surface area is 138 Å². The first-order valence-corrected chi connectivity index (χ1v) is 7.63. The molecule has 0 unspecified atom stereocenters. The van der Waals surface area contributed by atoms with Crippen molar-refractivity contribution in [2.24, 2.45) is 0 Å². The molecule has 3 heteroatoms. The van der Waals surface area contributed by atoms with Gasteiger partial charge in [0.1, 0.15) is 5.75 Å². The van der Waals surface area contributed by atoms with Crippen LogP contribution in [0.4, 0.5) is 5.69 Å². The predicted octanol–water partition coefficient (Wildman–Crippen LogP) is 4.64. The van der Waals surface area contributed by atoms with Gasteiger partial charge in [0.25, 0.3) is 0 Å². The molecule has 0 aromatic heterocycles. The average Bonchev–Trinajstić information content (AvgIpc) is 2.52. The Bertz CT molecular complexity index is 712. The molecule has 0 bridgehead atoms. The number of benzene rings is 2. The molecule has 2 rings (SSSR count). The van der Waals surface area contributed by atoms with Crippen molar-refractivity contribution < 1.29 is 9.53 Å². The smallest absolute Gasteiger partial charge is 0.248 e. The van der Waals surface area contributed by atoms with Crippen molar-refractivity contribution in [3.05, 3.63) is 65.7 Å². The standard InChI is InChI=1S/C20H23NO2/c1-20(2,3)17-10-5-6-11-18(17)21-19(22)13-12-15-8-7-9-16(14-15)23-4/h5-14H,1-4H3,(H,21,22)/b13-12+. The fourth-order valence-corrected chi connectivity index (χ4v) is 2.34. The minimum absolute atomic E-state index is 0.0274. The first-order chi connectivity index (χ1) is 10.9. The number of amides is 1. The van der Waals surface area contributed by atoms with Crippen LogP contribution in [0.15, 0.2) is 54.6 Å². The number of hydrogen-bond acceptors (Lipinski definition) is 2. The summed E-state index contributed by atoms with van der Waals surface area (Å²) in [5, 5.41) is 2.96. The number of carbonyl (C=O) groups is 1. The molecule has 0 aliphatic carbocycles. The normalized spacial score (nSPS) is 11.5. The Morgan fingerprint density at radius 2 is 1.83 bits per heavy atom. The fraction of sp³-hybridized carbons (Fsp3) is 0.250. The van der Waals surface area contributed by atoms with Crippen LogP contribution >= 0.6 is 0 Å². The lowest BCUT2D eigenvalue weighted by atomic mass is 9.86. The van der Waals surface area contributed by atoms with Gasteiger partial charge < -0.3 is 10.1 Å². The van der Waals surface area contributed by atoms with E-state index < -0.39 is 0 Å². The Kier molecular flexibility index (Phi) is 5.22. The topological polar surface area (TPSA) is 38.3 Å². The molecule has 0 radical (unpaired) electrons. The van der Waals surface area contributed by atoms with Crippen molar-refractivity contribution in [2.45, 2.75) is 26.2 Å². The van der Waals surface area contributed by atoms with Crippen molar-refractivity contribution in [2.75, 3.05) is 12.4 Å². The second-order valence-electron chi connectivity index (χ2n) is 6.39. The van der Waals surface area contributed by atoms with E-state index in [9.17, 15) is 4.79 Å². The summed E-state index contributed by atoms with van der Waals surface area (Å²) in [6.45, 7) is 6.39. The van der Waals surface area contributed by atoms with Gasteiger partial charge in [-0.15, -0.1) is 0 Å². The van der Waals surface area contributed by atoms with E-state index in [4.69, 9.17) is 4.74 Å². The number of hydrogen-bond donors (Lipinski definition) is 1. The van der Waals surface area contributed by atoms with Gasteiger partial charge in [0, 0.05) is 11.8 Å². The molecule has 2 aromatic rings. The molecule has 2 aromatic carbocycles. The molecule has 0 saturated heterocycles. The first kappa shape index (κ1) is 16.8. The highest BCUT2D eigenvalue weighted by Gasteiger charge is 2.17. The van der Waals surface area contributed by atoms with Crippen molar-refractivity contribution in [3.8, 4) is 5.75 Å². The van der Waals surface area contributed by atoms with E-state index in [0.29, 0.717) is 0 Å². The zero-order valence-corrected chi connectivity index (χ0v) is 14.1. The third-order valence-electron chi connectivity index (χ3n) is 3.51. The first-order valence-electron chi connectivity index (χ1n) is 7.63. The number of anilines is 1. The van der Waals surface area contributed by atoms with Crippen LogP contribution < -0.4 is 10.1 Å². The maximum Gasteiger partial charge on any atom is 0.248 e. The molecule has 0 aliphatic heterocycles. The number of methoxy groups -OCH3 is 1. The molecule has 0 heterocycles. The van der Waals surface area contributed by atoms with Crippen molar-refractivity contribution in [1.29, 1.82) is 0 Å². The third-order valence-corrected chi connectivity index (χ3v) is 3.51. The summed E-state index contributed by atoms with van der Waals surface area (Å²) < 4.78 is 5.18.